The van der Waals surface area contributed by atoms with E-state index >= 15 is 0 Å². The van der Waals surface area contributed by atoms with Gasteiger partial charge in [-0.2, -0.15) is 0 Å². The van der Waals surface area contributed by atoms with Gasteiger partial charge in [0.1, 0.15) is 18.0 Å². The molecule has 1 fully saturated rings. The van der Waals surface area contributed by atoms with Crippen LogP contribution in [-0.4, -0.2) is 34.3 Å². The Morgan fingerprint density at radius 2 is 2.09 bits per heavy atom. The van der Waals surface area contributed by atoms with E-state index in [1.54, 1.807) is 6.33 Å². The molecule has 23 heavy (non-hydrogen) atoms. The monoisotopic (exact) mass is 310 g/mol. The molecule has 0 radical (unpaired) electrons. The van der Waals surface area contributed by atoms with Gasteiger partial charge in [0.2, 0.25) is 0 Å². The van der Waals surface area contributed by atoms with Gasteiger partial charge >= 0.3 is 0 Å². The molecule has 2 N–H and O–H groups in total. The van der Waals surface area contributed by atoms with Gasteiger partial charge in [-0.1, -0.05) is 24.3 Å². The molecule has 3 heterocycles. The van der Waals surface area contributed by atoms with Crippen molar-refractivity contribution in [1.82, 2.24) is 9.97 Å². The van der Waals surface area contributed by atoms with Crippen LogP contribution >= 0.6 is 0 Å². The maximum absolute atomic E-state index is 9.19. The Morgan fingerprint density at radius 3 is 2.91 bits per heavy atom. The lowest BCUT2D eigenvalue weighted by molar-refractivity contribution is 0.281. The molecular formula is C18H22N4O. The van der Waals surface area contributed by atoms with Crippen molar-refractivity contribution in [3.63, 3.8) is 0 Å². The number of aromatic nitrogens is 2. The third kappa shape index (κ3) is 2.55. The zero-order valence-corrected chi connectivity index (χ0v) is 13.3. The molecule has 1 aromatic heterocycles. The van der Waals surface area contributed by atoms with E-state index in [9.17, 15) is 5.11 Å². The van der Waals surface area contributed by atoms with Crippen molar-refractivity contribution in [3.8, 4) is 0 Å². The minimum Gasteiger partial charge on any atom is -0.394 e. The molecule has 0 spiro atoms. The highest BCUT2D eigenvalue weighted by Gasteiger charge is 2.38. The maximum atomic E-state index is 9.19. The molecule has 0 saturated carbocycles. The topological polar surface area (TPSA) is 61.3 Å². The van der Waals surface area contributed by atoms with Crippen molar-refractivity contribution in [1.29, 1.82) is 0 Å². The summed E-state index contributed by atoms with van der Waals surface area (Å²) in [5.41, 5.74) is 2.97. The van der Waals surface area contributed by atoms with Crippen LogP contribution in [0.15, 0.2) is 36.7 Å². The zero-order chi connectivity index (χ0) is 15.8. The fourth-order valence-electron chi connectivity index (χ4n) is 3.87. The largest absolute Gasteiger partial charge is 0.394 e. The second-order valence-electron chi connectivity index (χ2n) is 6.56. The van der Waals surface area contributed by atoms with E-state index in [2.05, 4.69) is 44.5 Å². The number of piperidine rings is 1. The summed E-state index contributed by atoms with van der Waals surface area (Å²) in [6.45, 7) is 3.04. The number of aliphatic hydroxyl groups is 1. The second-order valence-corrected chi connectivity index (χ2v) is 6.56. The molecule has 1 saturated heterocycles. The first-order chi connectivity index (χ1) is 11.3. The average molecular weight is 310 g/mol. The number of rotatable bonds is 4. The van der Waals surface area contributed by atoms with Crippen molar-refractivity contribution in [2.24, 2.45) is 0 Å². The van der Waals surface area contributed by atoms with E-state index in [1.165, 1.54) is 24.0 Å². The number of nitrogens with one attached hydrogen (secondary N) is 1. The van der Waals surface area contributed by atoms with Crippen LogP contribution in [-0.2, 0) is 0 Å². The molecule has 2 aliphatic heterocycles. The molecule has 1 aliphatic carbocycles. The Bertz CT molecular complexity index is 705. The number of fused-ring (bicyclic) bond motifs is 2. The van der Waals surface area contributed by atoms with Gasteiger partial charge in [0.05, 0.1) is 12.6 Å². The van der Waals surface area contributed by atoms with Crippen LogP contribution in [0.4, 0.5) is 11.6 Å². The summed E-state index contributed by atoms with van der Waals surface area (Å²) in [7, 11) is 0. The lowest BCUT2D eigenvalue weighted by atomic mass is 9.75. The summed E-state index contributed by atoms with van der Waals surface area (Å²) in [4.78, 5) is 11.2. The molecule has 2 bridgehead atoms. The van der Waals surface area contributed by atoms with Crippen LogP contribution in [0.2, 0.25) is 0 Å². The van der Waals surface area contributed by atoms with E-state index in [-0.39, 0.29) is 12.6 Å². The quantitative estimate of drug-likeness (QED) is 0.909. The van der Waals surface area contributed by atoms with Gasteiger partial charge in [-0.3, -0.25) is 0 Å². The number of anilines is 2. The molecule has 3 aliphatic rings. The highest BCUT2D eigenvalue weighted by molar-refractivity contribution is 5.54. The Morgan fingerprint density at radius 1 is 1.26 bits per heavy atom. The molecule has 0 unspecified atom stereocenters. The Kier molecular flexibility index (Phi) is 3.65. The lowest BCUT2D eigenvalue weighted by Crippen LogP contribution is -2.43. The summed E-state index contributed by atoms with van der Waals surface area (Å²) >= 11 is 0. The summed E-state index contributed by atoms with van der Waals surface area (Å²) in [6.07, 6.45) is 4.05. The third-order valence-electron chi connectivity index (χ3n) is 4.99. The Labute approximate surface area is 136 Å². The van der Waals surface area contributed by atoms with Gasteiger partial charge < -0.3 is 15.3 Å². The number of aliphatic hydroxyl groups excluding tert-OH is 1. The first-order valence-corrected chi connectivity index (χ1v) is 8.31. The van der Waals surface area contributed by atoms with Crippen LogP contribution in [0, 0.1) is 0 Å². The minimum absolute atomic E-state index is 0.0173. The fraction of sp³-hybridized carbons (Fsp3) is 0.444. The standard InChI is InChI=1S/C18H22N4O/c1-12(10-23)21-17-8-18(20-11-19-17)22-9-13-6-7-16(22)15-5-3-2-4-14(13)15/h2-5,8,11-13,16,23H,6-7,9-10H2,1H3,(H,19,20,21)/t12-,13-,16+/m1/s1. The van der Waals surface area contributed by atoms with Crippen molar-refractivity contribution >= 4 is 11.6 Å². The first-order valence-electron chi connectivity index (χ1n) is 8.31. The molecule has 120 valence electrons. The number of benzene rings is 1. The van der Waals surface area contributed by atoms with E-state index < -0.39 is 0 Å². The SMILES string of the molecule is C[C@H](CO)Nc1cc(N2C[C@H]3CC[C@H]2c2ccccc23)ncn1. The maximum Gasteiger partial charge on any atom is 0.134 e. The third-order valence-corrected chi connectivity index (χ3v) is 4.99. The highest BCUT2D eigenvalue weighted by atomic mass is 16.3. The van der Waals surface area contributed by atoms with Crippen LogP contribution in [0.5, 0.6) is 0 Å². The molecule has 1 aromatic carbocycles. The molecular weight excluding hydrogens is 288 g/mol. The van der Waals surface area contributed by atoms with Gasteiger partial charge in [-0.05, 0) is 30.9 Å². The Hall–Kier alpha value is -2.14. The predicted molar refractivity (Wildman–Crippen MR) is 90.7 cm³/mol. The molecule has 5 rings (SSSR count). The minimum atomic E-state index is -0.0173. The van der Waals surface area contributed by atoms with Crippen molar-refractivity contribution in [3.05, 3.63) is 47.8 Å². The number of hydrogen-bond acceptors (Lipinski definition) is 5. The van der Waals surface area contributed by atoms with Crippen LogP contribution < -0.4 is 10.2 Å². The van der Waals surface area contributed by atoms with Crippen molar-refractivity contribution in [2.75, 3.05) is 23.4 Å². The van der Waals surface area contributed by atoms with Crippen LogP contribution in [0.25, 0.3) is 0 Å². The van der Waals surface area contributed by atoms with Crippen molar-refractivity contribution in [2.45, 2.75) is 37.8 Å². The van der Waals surface area contributed by atoms with Gasteiger partial charge in [0, 0.05) is 24.6 Å². The van der Waals surface area contributed by atoms with Gasteiger partial charge in [-0.25, -0.2) is 9.97 Å². The average Bonchev–Trinajstić information content (AvgIpc) is 2.62. The molecule has 0 amide bonds. The van der Waals surface area contributed by atoms with E-state index in [0.29, 0.717) is 12.0 Å². The fourth-order valence-corrected chi connectivity index (χ4v) is 3.87. The van der Waals surface area contributed by atoms with Crippen LogP contribution in [0.3, 0.4) is 0 Å². The molecule has 5 nitrogen and oxygen atoms in total. The predicted octanol–water partition coefficient (Wildman–Crippen LogP) is 2.71. The summed E-state index contributed by atoms with van der Waals surface area (Å²) in [5.74, 6) is 2.34. The lowest BCUT2D eigenvalue weighted by Gasteiger charge is -2.47. The molecule has 5 heteroatoms. The zero-order valence-electron chi connectivity index (χ0n) is 13.3. The van der Waals surface area contributed by atoms with Gasteiger partial charge in [-0.15, -0.1) is 0 Å². The van der Waals surface area contributed by atoms with E-state index in [0.717, 1.165) is 18.2 Å². The highest BCUT2D eigenvalue weighted by Crippen LogP contribution is 2.47. The Balaban J connectivity index is 1.64. The number of hydrogen-bond donors (Lipinski definition) is 2. The van der Waals surface area contributed by atoms with E-state index in [1.807, 2.05) is 13.0 Å². The van der Waals surface area contributed by atoms with Gasteiger partial charge in [0.15, 0.2) is 0 Å². The number of nitrogens with zero attached hydrogens (tertiary/aromatic N) is 3. The van der Waals surface area contributed by atoms with Crippen LogP contribution in [0.1, 0.15) is 42.9 Å². The summed E-state index contributed by atoms with van der Waals surface area (Å²) < 4.78 is 0. The summed E-state index contributed by atoms with van der Waals surface area (Å²) in [6, 6.07) is 11.2. The molecule has 2 aromatic rings. The first kappa shape index (κ1) is 14.5. The summed E-state index contributed by atoms with van der Waals surface area (Å²) in [5, 5.41) is 12.4. The smallest absolute Gasteiger partial charge is 0.134 e. The second kappa shape index (κ2) is 5.81. The van der Waals surface area contributed by atoms with E-state index in [4.69, 9.17) is 0 Å². The van der Waals surface area contributed by atoms with Crippen molar-refractivity contribution < 1.29 is 5.11 Å². The molecule has 3 atom stereocenters. The normalized spacial score (nSPS) is 23.5. The van der Waals surface area contributed by atoms with Gasteiger partial charge in [0.25, 0.3) is 0 Å².